The van der Waals surface area contributed by atoms with Crippen molar-refractivity contribution in [3.8, 4) is 23.7 Å². The molecule has 2 saturated carbocycles. The minimum atomic E-state index is -0.798. The van der Waals surface area contributed by atoms with E-state index in [0.717, 1.165) is 51.4 Å². The normalized spacial score (nSPS) is 20.7. The van der Waals surface area contributed by atoms with Crippen molar-refractivity contribution in [1.82, 2.24) is 47.4 Å². The van der Waals surface area contributed by atoms with Crippen LogP contribution in [0.4, 0.5) is 14.4 Å². The van der Waals surface area contributed by atoms with E-state index in [1.807, 2.05) is 0 Å². The number of hydrogen-bond acceptors (Lipinski definition) is 14. The predicted molar refractivity (Wildman–Crippen MR) is 231 cm³/mol. The first kappa shape index (κ1) is 52.3. The van der Waals surface area contributed by atoms with E-state index in [-0.39, 0.29) is 65.8 Å². The molecule has 0 aromatic carbocycles. The van der Waals surface area contributed by atoms with Gasteiger partial charge in [0, 0.05) is 51.9 Å². The van der Waals surface area contributed by atoms with E-state index in [0.29, 0.717) is 35.5 Å². The molecule has 0 aromatic heterocycles. The minimum Gasteiger partial charge on any atom is -0.449 e. The van der Waals surface area contributed by atoms with E-state index in [9.17, 15) is 43.2 Å². The van der Waals surface area contributed by atoms with Gasteiger partial charge < -0.3 is 71.5 Å². The van der Waals surface area contributed by atoms with E-state index in [4.69, 9.17) is 24.1 Å². The Kier molecular flexibility index (Phi) is 23.2. The van der Waals surface area contributed by atoms with Gasteiger partial charge in [-0.2, -0.15) is 0 Å². The van der Waals surface area contributed by atoms with Gasteiger partial charge in [-0.25, -0.2) is 14.4 Å². The lowest BCUT2D eigenvalue weighted by molar-refractivity contribution is -0.127. The highest BCUT2D eigenvalue weighted by Crippen LogP contribution is 2.53. The first-order valence-electron chi connectivity index (χ1n) is 22.4. The minimum absolute atomic E-state index is 0.00964. The standard InChI is InChI=1S/C43H63N9O14/c53-17-18-63-19-20-64-43(62)52(15-13-44-35(54)21-46-37(56)23-48-39(58)25-50-41(60)65-27-33-29-9-5-1-2-6-10-30(29)33)16-14-45-36(55)22-47-38(57)24-49-40(59)26-51-42(61)66-28-34-31-11-7-3-4-8-12-32(31)34/h29-34,53H,5-28H2,(H,44,54)(H,45,55)(H,46,56)(H,47,57)(H,48,58)(H,49,59)(H,50,60)(H,51,61)/t29-,30+,31-,32+,33-,34?. The van der Waals surface area contributed by atoms with Crippen LogP contribution in [-0.2, 0) is 47.7 Å². The van der Waals surface area contributed by atoms with Crippen LogP contribution in [0.5, 0.6) is 0 Å². The monoisotopic (exact) mass is 929 g/mol. The highest BCUT2D eigenvalue weighted by molar-refractivity contribution is 5.90. The number of alkyl carbamates (subject to hydrolysis) is 2. The molecule has 364 valence electrons. The number of rotatable bonds is 27. The molecule has 0 radical (unpaired) electrons. The maximum atomic E-state index is 12.8. The molecule has 23 nitrogen and oxygen atoms in total. The Hall–Kier alpha value is -6.33. The lowest BCUT2D eigenvalue weighted by Gasteiger charge is -2.22. The van der Waals surface area contributed by atoms with Gasteiger partial charge in [-0.1, -0.05) is 0 Å². The molecule has 0 spiro atoms. The van der Waals surface area contributed by atoms with Crippen LogP contribution < -0.4 is 42.5 Å². The molecule has 0 bridgehead atoms. The molecule has 0 saturated heterocycles. The average molecular weight is 930 g/mol. The summed E-state index contributed by atoms with van der Waals surface area (Å²) in [6, 6.07) is 0. The highest BCUT2D eigenvalue weighted by Gasteiger charge is 2.50. The van der Waals surface area contributed by atoms with Crippen molar-refractivity contribution in [2.45, 2.75) is 51.4 Å². The molecule has 66 heavy (non-hydrogen) atoms. The molecule has 23 heteroatoms. The number of nitrogens with zero attached hydrogens (tertiary/aromatic N) is 1. The van der Waals surface area contributed by atoms with Crippen LogP contribution in [0, 0.1) is 59.2 Å². The molecule has 9 N–H and O–H groups in total. The fourth-order valence-electron chi connectivity index (χ4n) is 7.81. The quantitative estimate of drug-likeness (QED) is 0.0233. The number of nitrogens with one attached hydrogen (secondary N) is 8. The number of aliphatic hydroxyl groups excluding tert-OH is 1. The molecule has 6 atom stereocenters. The number of hydrogen-bond donors (Lipinski definition) is 9. The maximum absolute atomic E-state index is 12.8. The summed E-state index contributed by atoms with van der Waals surface area (Å²) in [5.74, 6) is 11.3. The van der Waals surface area contributed by atoms with Crippen LogP contribution in [0.2, 0.25) is 0 Å². The van der Waals surface area contributed by atoms with E-state index in [1.165, 1.54) is 4.90 Å². The molecule has 0 aromatic rings. The summed E-state index contributed by atoms with van der Waals surface area (Å²) in [5.41, 5.74) is 0. The summed E-state index contributed by atoms with van der Waals surface area (Å²) in [6.07, 6.45) is 5.06. The molecule has 0 heterocycles. The van der Waals surface area contributed by atoms with Gasteiger partial charge in [0.2, 0.25) is 35.4 Å². The lowest BCUT2D eigenvalue weighted by Crippen LogP contribution is -2.47. The van der Waals surface area contributed by atoms with E-state index in [2.05, 4.69) is 66.2 Å². The fraction of sp³-hybridized carbons (Fsp3) is 0.698. The van der Waals surface area contributed by atoms with Crippen LogP contribution in [-0.4, -0.2) is 169 Å². The second-order valence-corrected chi connectivity index (χ2v) is 16.0. The van der Waals surface area contributed by atoms with Gasteiger partial charge in [0.05, 0.1) is 59.2 Å². The lowest BCUT2D eigenvalue weighted by atomic mass is 10.1. The topological polar surface area (TPSA) is 310 Å². The van der Waals surface area contributed by atoms with E-state index < -0.39 is 93.0 Å². The number of ether oxygens (including phenoxy) is 4. The van der Waals surface area contributed by atoms with Crippen molar-refractivity contribution >= 4 is 53.7 Å². The number of aliphatic hydroxyl groups is 1. The molecule has 2 fully saturated rings. The van der Waals surface area contributed by atoms with Gasteiger partial charge in [0.15, 0.2) is 0 Å². The summed E-state index contributed by atoms with van der Waals surface area (Å²) in [7, 11) is 0. The molecule has 4 rings (SSSR count). The Morgan fingerprint density at radius 3 is 1.17 bits per heavy atom. The van der Waals surface area contributed by atoms with Gasteiger partial charge in [0.25, 0.3) is 0 Å². The zero-order chi connectivity index (χ0) is 47.5. The van der Waals surface area contributed by atoms with E-state index >= 15 is 0 Å². The van der Waals surface area contributed by atoms with Crippen molar-refractivity contribution < 1.29 is 67.2 Å². The second kappa shape index (κ2) is 29.3. The van der Waals surface area contributed by atoms with Crippen molar-refractivity contribution in [1.29, 1.82) is 0 Å². The van der Waals surface area contributed by atoms with Crippen LogP contribution in [0.15, 0.2) is 0 Å². The van der Waals surface area contributed by atoms with Gasteiger partial charge in [0.1, 0.15) is 19.7 Å². The van der Waals surface area contributed by atoms with Crippen LogP contribution in [0.1, 0.15) is 51.4 Å². The zero-order valence-corrected chi connectivity index (χ0v) is 37.1. The largest absolute Gasteiger partial charge is 0.449 e. The van der Waals surface area contributed by atoms with Crippen molar-refractivity contribution in [3.63, 3.8) is 0 Å². The Morgan fingerprint density at radius 1 is 0.455 bits per heavy atom. The van der Waals surface area contributed by atoms with Crippen LogP contribution >= 0.6 is 0 Å². The number of carbonyl (C=O) groups is 9. The number of fused-ring (bicyclic) bond motifs is 2. The third kappa shape index (κ3) is 20.7. The fourth-order valence-corrected chi connectivity index (χ4v) is 7.81. The third-order valence-electron chi connectivity index (χ3n) is 11.4. The molecular formula is C43H63N9O14. The van der Waals surface area contributed by atoms with Gasteiger partial charge in [-0.15, -0.1) is 23.7 Å². The van der Waals surface area contributed by atoms with Crippen LogP contribution in [0.3, 0.4) is 0 Å². The molecule has 9 amide bonds. The van der Waals surface area contributed by atoms with Gasteiger partial charge in [-0.05, 0) is 61.2 Å². The molecule has 4 aliphatic carbocycles. The molecule has 4 aliphatic rings. The Morgan fingerprint density at radius 2 is 0.803 bits per heavy atom. The first-order valence-corrected chi connectivity index (χ1v) is 22.4. The number of amides is 9. The maximum Gasteiger partial charge on any atom is 0.409 e. The Balaban J connectivity index is 1.03. The van der Waals surface area contributed by atoms with Crippen molar-refractivity contribution in [3.05, 3.63) is 0 Å². The summed E-state index contributed by atoms with van der Waals surface area (Å²) in [6.45, 7) is -2.71. The van der Waals surface area contributed by atoms with Crippen molar-refractivity contribution in [2.75, 3.05) is 105 Å². The second-order valence-electron chi connectivity index (χ2n) is 16.0. The van der Waals surface area contributed by atoms with Crippen molar-refractivity contribution in [2.24, 2.45) is 35.5 Å². The Labute approximate surface area is 383 Å². The van der Waals surface area contributed by atoms with Crippen LogP contribution in [0.25, 0.3) is 0 Å². The Bertz CT molecular complexity index is 1680. The summed E-state index contributed by atoms with van der Waals surface area (Å²) < 4.78 is 20.8. The first-order chi connectivity index (χ1) is 31.9. The highest BCUT2D eigenvalue weighted by atomic mass is 16.6. The molecule has 1 unspecified atom stereocenters. The predicted octanol–water partition coefficient (Wildman–Crippen LogP) is -2.54. The SMILES string of the molecule is O=C(CNC(=O)CNC(=O)CNC(=O)OCC1[C@H]2CCC#CCC[C@@H]12)NCCN(CCNC(=O)CNC(=O)CNC(=O)CNC(=O)OC[C@@H]1[C@@H]2CCC#CCC[C@@H]21)C(=O)OCCOCCO. The van der Waals surface area contributed by atoms with Gasteiger partial charge >= 0.3 is 18.3 Å². The summed E-state index contributed by atoms with van der Waals surface area (Å²) in [5, 5.41) is 28.0. The average Bonchev–Trinajstić information content (AvgIpc) is 4.16. The summed E-state index contributed by atoms with van der Waals surface area (Å²) in [4.78, 5) is 112. The smallest absolute Gasteiger partial charge is 0.409 e. The summed E-state index contributed by atoms with van der Waals surface area (Å²) >= 11 is 0. The van der Waals surface area contributed by atoms with Gasteiger partial charge in [-0.3, -0.25) is 28.8 Å². The van der Waals surface area contributed by atoms with E-state index in [1.54, 1.807) is 0 Å². The molecule has 0 aliphatic heterocycles. The zero-order valence-electron chi connectivity index (χ0n) is 37.1. The number of carbonyl (C=O) groups excluding carboxylic acids is 9. The molecular weight excluding hydrogens is 867 g/mol. The third-order valence-corrected chi connectivity index (χ3v) is 11.4.